The van der Waals surface area contributed by atoms with Crippen LogP contribution in [-0.4, -0.2) is 53.6 Å². The Hall–Kier alpha value is -1.10. The summed E-state index contributed by atoms with van der Waals surface area (Å²) in [7, 11) is 0. The predicted octanol–water partition coefficient (Wildman–Crippen LogP) is 0.592. The van der Waals surface area contributed by atoms with Crippen LogP contribution in [0.3, 0.4) is 0 Å². The molecule has 88 valence electrons. The maximum atomic E-state index is 12.2. The summed E-state index contributed by atoms with van der Waals surface area (Å²) in [5.74, 6) is -0.0302. The molecule has 3 amide bonds. The van der Waals surface area contributed by atoms with Crippen molar-refractivity contribution in [2.75, 3.05) is 19.8 Å². The Kier molecular flexibility index (Phi) is 2.35. The first-order valence-electron chi connectivity index (χ1n) is 5.98. The highest BCUT2D eigenvalue weighted by Crippen LogP contribution is 2.31. The van der Waals surface area contributed by atoms with E-state index >= 15 is 0 Å². The molecule has 1 saturated carbocycles. The predicted molar refractivity (Wildman–Crippen MR) is 55.8 cm³/mol. The fraction of sp³-hybridized carbons (Fsp3) is 0.818. The number of carbonyl (C=O) groups is 2. The van der Waals surface area contributed by atoms with Gasteiger partial charge in [0, 0.05) is 25.6 Å². The normalized spacial score (nSPS) is 31.4. The van der Waals surface area contributed by atoms with Crippen molar-refractivity contribution >= 4 is 11.9 Å². The molecule has 5 heteroatoms. The maximum absolute atomic E-state index is 12.2. The second kappa shape index (κ2) is 3.73. The van der Waals surface area contributed by atoms with Gasteiger partial charge in [0.25, 0.3) is 0 Å². The number of hydrogen-bond acceptors (Lipinski definition) is 3. The van der Waals surface area contributed by atoms with Crippen LogP contribution >= 0.6 is 0 Å². The summed E-state index contributed by atoms with van der Waals surface area (Å²) in [6.45, 7) is 1.77. The highest BCUT2D eigenvalue weighted by Gasteiger charge is 2.43. The molecule has 0 bridgehead atoms. The smallest absolute Gasteiger partial charge is 0.327 e. The molecule has 0 aromatic carbocycles. The van der Waals surface area contributed by atoms with Gasteiger partial charge in [0.05, 0.1) is 12.6 Å². The molecule has 0 aromatic heterocycles. The Morgan fingerprint density at radius 1 is 1.12 bits per heavy atom. The van der Waals surface area contributed by atoms with Crippen LogP contribution in [0.5, 0.6) is 0 Å². The van der Waals surface area contributed by atoms with E-state index in [0.717, 1.165) is 19.3 Å². The Balaban J connectivity index is 1.77. The van der Waals surface area contributed by atoms with Crippen LogP contribution < -0.4 is 0 Å². The second-order valence-electron chi connectivity index (χ2n) is 4.74. The lowest BCUT2D eigenvalue weighted by Crippen LogP contribution is -2.56. The summed E-state index contributed by atoms with van der Waals surface area (Å²) in [5, 5.41) is 0. The minimum absolute atomic E-state index is 0.0263. The van der Waals surface area contributed by atoms with Crippen LogP contribution in [0.15, 0.2) is 0 Å². The van der Waals surface area contributed by atoms with Crippen molar-refractivity contribution in [3.63, 3.8) is 0 Å². The summed E-state index contributed by atoms with van der Waals surface area (Å²) < 4.78 is 5.25. The molecule has 1 unspecified atom stereocenters. The summed E-state index contributed by atoms with van der Waals surface area (Å²) >= 11 is 0. The van der Waals surface area contributed by atoms with Gasteiger partial charge < -0.3 is 9.64 Å². The monoisotopic (exact) mass is 224 g/mol. The van der Waals surface area contributed by atoms with Gasteiger partial charge >= 0.3 is 6.03 Å². The molecule has 1 atom stereocenters. The molecule has 0 N–H and O–H groups in total. The van der Waals surface area contributed by atoms with E-state index in [1.165, 1.54) is 4.90 Å². The standard InChI is InChI=1S/C11H16N2O3/c14-10-3-5-12(8-1-2-8)11(15)13(10)9-4-6-16-7-9/h8-9H,1-7H2. The molecule has 3 aliphatic rings. The Labute approximate surface area is 94.3 Å². The average Bonchev–Trinajstić information content (AvgIpc) is 2.95. The molecule has 5 nitrogen and oxygen atoms in total. The van der Waals surface area contributed by atoms with Gasteiger partial charge in [-0.15, -0.1) is 0 Å². The van der Waals surface area contributed by atoms with E-state index in [9.17, 15) is 9.59 Å². The topological polar surface area (TPSA) is 49.9 Å². The number of amides is 3. The van der Waals surface area contributed by atoms with Crippen molar-refractivity contribution in [1.29, 1.82) is 0 Å². The Morgan fingerprint density at radius 2 is 1.94 bits per heavy atom. The first kappa shape index (κ1) is 10.1. The SMILES string of the molecule is O=C1CCN(C2CC2)C(=O)N1C1CCOC1. The van der Waals surface area contributed by atoms with Crippen LogP contribution in [0.4, 0.5) is 4.79 Å². The third kappa shape index (κ3) is 1.59. The van der Waals surface area contributed by atoms with E-state index in [2.05, 4.69) is 0 Å². The number of urea groups is 1. The number of carbonyl (C=O) groups excluding carboxylic acids is 2. The lowest BCUT2D eigenvalue weighted by molar-refractivity contribution is -0.133. The number of hydrogen-bond donors (Lipinski definition) is 0. The highest BCUT2D eigenvalue weighted by atomic mass is 16.5. The van der Waals surface area contributed by atoms with Crippen molar-refractivity contribution in [2.45, 2.75) is 37.8 Å². The second-order valence-corrected chi connectivity index (χ2v) is 4.74. The van der Waals surface area contributed by atoms with Crippen molar-refractivity contribution in [3.05, 3.63) is 0 Å². The molecule has 0 radical (unpaired) electrons. The summed E-state index contributed by atoms with van der Waals surface area (Å²) in [6.07, 6.45) is 3.44. The molecule has 2 aliphatic heterocycles. The van der Waals surface area contributed by atoms with Crippen LogP contribution in [0, 0.1) is 0 Å². The van der Waals surface area contributed by atoms with Gasteiger partial charge in [-0.05, 0) is 19.3 Å². The van der Waals surface area contributed by atoms with Crippen molar-refractivity contribution < 1.29 is 14.3 Å². The lowest BCUT2D eigenvalue weighted by atomic mass is 10.1. The fourth-order valence-electron chi connectivity index (χ4n) is 2.49. The van der Waals surface area contributed by atoms with Gasteiger partial charge in [0.2, 0.25) is 5.91 Å². The lowest BCUT2D eigenvalue weighted by Gasteiger charge is -2.37. The summed E-state index contributed by atoms with van der Waals surface area (Å²) in [4.78, 5) is 27.3. The molecule has 0 spiro atoms. The highest BCUT2D eigenvalue weighted by molar-refractivity contribution is 5.97. The maximum Gasteiger partial charge on any atom is 0.327 e. The Morgan fingerprint density at radius 3 is 2.56 bits per heavy atom. The quantitative estimate of drug-likeness (QED) is 0.690. The molecule has 3 rings (SSSR count). The first-order valence-corrected chi connectivity index (χ1v) is 5.98. The van der Waals surface area contributed by atoms with Crippen LogP contribution in [0.25, 0.3) is 0 Å². The van der Waals surface area contributed by atoms with E-state index in [-0.39, 0.29) is 18.0 Å². The number of imide groups is 1. The van der Waals surface area contributed by atoms with E-state index < -0.39 is 0 Å². The van der Waals surface area contributed by atoms with Gasteiger partial charge in [0.15, 0.2) is 0 Å². The van der Waals surface area contributed by atoms with Crippen LogP contribution in [-0.2, 0) is 9.53 Å². The molecule has 3 fully saturated rings. The van der Waals surface area contributed by atoms with E-state index in [0.29, 0.717) is 32.2 Å². The molecule has 2 heterocycles. The van der Waals surface area contributed by atoms with Gasteiger partial charge in [-0.3, -0.25) is 9.69 Å². The van der Waals surface area contributed by atoms with Gasteiger partial charge in [-0.25, -0.2) is 4.79 Å². The zero-order valence-electron chi connectivity index (χ0n) is 9.22. The van der Waals surface area contributed by atoms with Gasteiger partial charge in [0.1, 0.15) is 0 Å². The largest absolute Gasteiger partial charge is 0.379 e. The zero-order valence-corrected chi connectivity index (χ0v) is 9.22. The molecular formula is C11H16N2O3. The van der Waals surface area contributed by atoms with Gasteiger partial charge in [-0.2, -0.15) is 0 Å². The number of ether oxygens (including phenoxy) is 1. The van der Waals surface area contributed by atoms with Crippen molar-refractivity contribution in [3.8, 4) is 0 Å². The minimum Gasteiger partial charge on any atom is -0.379 e. The average molecular weight is 224 g/mol. The molecule has 16 heavy (non-hydrogen) atoms. The molecular weight excluding hydrogens is 208 g/mol. The number of nitrogens with zero attached hydrogens (tertiary/aromatic N) is 2. The van der Waals surface area contributed by atoms with E-state index in [1.807, 2.05) is 4.90 Å². The van der Waals surface area contributed by atoms with Crippen molar-refractivity contribution in [2.24, 2.45) is 0 Å². The van der Waals surface area contributed by atoms with E-state index in [4.69, 9.17) is 4.74 Å². The van der Waals surface area contributed by atoms with Crippen molar-refractivity contribution in [1.82, 2.24) is 9.80 Å². The van der Waals surface area contributed by atoms with Crippen LogP contribution in [0.2, 0.25) is 0 Å². The molecule has 1 aliphatic carbocycles. The molecule has 0 aromatic rings. The minimum atomic E-state index is -0.0887. The number of rotatable bonds is 2. The third-order valence-corrected chi connectivity index (χ3v) is 3.55. The summed E-state index contributed by atoms with van der Waals surface area (Å²) in [6, 6.07) is 0.279. The first-order chi connectivity index (χ1) is 7.77. The van der Waals surface area contributed by atoms with Gasteiger partial charge in [-0.1, -0.05) is 0 Å². The molecule has 2 saturated heterocycles. The van der Waals surface area contributed by atoms with Crippen LogP contribution in [0.1, 0.15) is 25.7 Å². The zero-order chi connectivity index (χ0) is 11.1. The summed E-state index contributed by atoms with van der Waals surface area (Å²) in [5.41, 5.74) is 0. The Bertz CT molecular complexity index is 321. The van der Waals surface area contributed by atoms with E-state index in [1.54, 1.807) is 0 Å². The fourth-order valence-corrected chi connectivity index (χ4v) is 2.49. The third-order valence-electron chi connectivity index (χ3n) is 3.55.